The van der Waals surface area contributed by atoms with Crippen LogP contribution in [0.3, 0.4) is 0 Å². The number of ether oxygens (including phenoxy) is 1. The van der Waals surface area contributed by atoms with E-state index in [0.29, 0.717) is 12.3 Å². The number of hydrogen-bond donors (Lipinski definition) is 1. The smallest absolute Gasteiger partial charge is 0.212 e. The molecule has 0 aromatic carbocycles. The minimum atomic E-state index is -2.87. The van der Waals surface area contributed by atoms with Crippen LogP contribution in [0.4, 0.5) is 0 Å². The number of nitrogens with one attached hydrogen (secondary N) is 1. The highest BCUT2D eigenvalue weighted by molar-refractivity contribution is 7.90. The summed E-state index contributed by atoms with van der Waals surface area (Å²) in [5, 5.41) is 3.21. The van der Waals surface area contributed by atoms with E-state index < -0.39 is 9.84 Å². The fourth-order valence-electron chi connectivity index (χ4n) is 1.88. The van der Waals surface area contributed by atoms with E-state index >= 15 is 0 Å². The molecule has 0 bridgehead atoms. The van der Waals surface area contributed by atoms with Crippen LogP contribution in [-0.2, 0) is 16.3 Å². The largest absolute Gasteiger partial charge is 0.481 e. The third kappa shape index (κ3) is 6.54. The molecule has 0 saturated heterocycles. The molecule has 1 heterocycles. The standard InChI is InChI=1S/C13H22N2O3S/c1-14-12(5-4-8-19(3,16)17)9-11-6-7-13(18-2)15-10-11/h6-7,10,12,14H,4-5,8-9H2,1-3H3. The molecule has 1 N–H and O–H groups in total. The molecule has 108 valence electrons. The van der Waals surface area contributed by atoms with Gasteiger partial charge < -0.3 is 10.1 Å². The summed E-state index contributed by atoms with van der Waals surface area (Å²) in [7, 11) is 0.611. The molecule has 0 amide bonds. The third-order valence-electron chi connectivity index (χ3n) is 2.96. The van der Waals surface area contributed by atoms with Crippen molar-refractivity contribution in [2.24, 2.45) is 0 Å². The van der Waals surface area contributed by atoms with Gasteiger partial charge >= 0.3 is 0 Å². The first-order valence-corrected chi connectivity index (χ1v) is 8.34. The van der Waals surface area contributed by atoms with E-state index in [4.69, 9.17) is 4.74 Å². The lowest BCUT2D eigenvalue weighted by atomic mass is 10.0. The second kappa shape index (κ2) is 7.45. The van der Waals surface area contributed by atoms with Crippen LogP contribution in [0.15, 0.2) is 18.3 Å². The molecule has 0 aliphatic rings. The van der Waals surface area contributed by atoms with Gasteiger partial charge in [0.2, 0.25) is 5.88 Å². The third-order valence-corrected chi connectivity index (χ3v) is 4.00. The van der Waals surface area contributed by atoms with Gasteiger partial charge in [0, 0.05) is 30.3 Å². The maximum atomic E-state index is 11.1. The van der Waals surface area contributed by atoms with Gasteiger partial charge in [0.15, 0.2) is 0 Å². The molecule has 1 unspecified atom stereocenters. The van der Waals surface area contributed by atoms with Crippen LogP contribution in [-0.4, -0.2) is 45.6 Å². The zero-order chi connectivity index (χ0) is 14.3. The van der Waals surface area contributed by atoms with Crippen LogP contribution in [0.5, 0.6) is 5.88 Å². The van der Waals surface area contributed by atoms with Gasteiger partial charge in [0.25, 0.3) is 0 Å². The summed E-state index contributed by atoms with van der Waals surface area (Å²) >= 11 is 0. The highest BCUT2D eigenvalue weighted by Crippen LogP contribution is 2.11. The Kier molecular flexibility index (Phi) is 6.24. The maximum Gasteiger partial charge on any atom is 0.212 e. The molecule has 0 aliphatic heterocycles. The number of pyridine rings is 1. The van der Waals surface area contributed by atoms with Crippen molar-refractivity contribution in [3.05, 3.63) is 23.9 Å². The van der Waals surface area contributed by atoms with Gasteiger partial charge in [0.1, 0.15) is 9.84 Å². The molecule has 0 saturated carbocycles. The Morgan fingerprint density at radius 1 is 1.42 bits per heavy atom. The van der Waals surface area contributed by atoms with Gasteiger partial charge in [-0.15, -0.1) is 0 Å². The summed E-state index contributed by atoms with van der Waals surface area (Å²) in [5.41, 5.74) is 1.11. The van der Waals surface area contributed by atoms with Gasteiger partial charge in [-0.25, -0.2) is 13.4 Å². The Balaban J connectivity index is 2.46. The first-order chi connectivity index (χ1) is 8.94. The van der Waals surface area contributed by atoms with E-state index in [1.165, 1.54) is 6.26 Å². The molecule has 0 radical (unpaired) electrons. The average Bonchev–Trinajstić information content (AvgIpc) is 2.37. The number of likely N-dealkylation sites (N-methyl/N-ethyl adjacent to an activating group) is 1. The van der Waals surface area contributed by atoms with Crippen LogP contribution in [0.1, 0.15) is 18.4 Å². The fraction of sp³-hybridized carbons (Fsp3) is 0.615. The number of hydrogen-bond acceptors (Lipinski definition) is 5. The summed E-state index contributed by atoms with van der Waals surface area (Å²) in [4.78, 5) is 4.16. The lowest BCUT2D eigenvalue weighted by molar-refractivity contribution is 0.397. The Labute approximate surface area is 115 Å². The molecular formula is C13H22N2O3S. The molecule has 0 aliphatic carbocycles. The average molecular weight is 286 g/mol. The molecular weight excluding hydrogens is 264 g/mol. The Morgan fingerprint density at radius 3 is 2.63 bits per heavy atom. The lowest BCUT2D eigenvalue weighted by Crippen LogP contribution is -2.28. The van der Waals surface area contributed by atoms with E-state index in [1.54, 1.807) is 13.3 Å². The van der Waals surface area contributed by atoms with Crippen molar-refractivity contribution in [2.45, 2.75) is 25.3 Å². The molecule has 0 spiro atoms. The van der Waals surface area contributed by atoms with Gasteiger partial charge in [-0.2, -0.15) is 0 Å². The highest BCUT2D eigenvalue weighted by Gasteiger charge is 2.10. The highest BCUT2D eigenvalue weighted by atomic mass is 32.2. The minimum absolute atomic E-state index is 0.242. The zero-order valence-electron chi connectivity index (χ0n) is 11.7. The van der Waals surface area contributed by atoms with E-state index in [2.05, 4.69) is 10.3 Å². The number of aromatic nitrogens is 1. The summed E-state index contributed by atoms with van der Waals surface area (Å²) in [6, 6.07) is 4.07. The minimum Gasteiger partial charge on any atom is -0.481 e. The van der Waals surface area contributed by atoms with Crippen molar-refractivity contribution in [1.82, 2.24) is 10.3 Å². The number of methoxy groups -OCH3 is 1. The monoisotopic (exact) mass is 286 g/mol. The molecule has 5 nitrogen and oxygen atoms in total. The first-order valence-electron chi connectivity index (χ1n) is 6.28. The second-order valence-electron chi connectivity index (χ2n) is 4.67. The fourth-order valence-corrected chi connectivity index (χ4v) is 2.57. The molecule has 1 aromatic heterocycles. The quantitative estimate of drug-likeness (QED) is 0.773. The van der Waals surface area contributed by atoms with Gasteiger partial charge in [-0.05, 0) is 31.9 Å². The first kappa shape index (κ1) is 15.9. The SMILES string of the molecule is CNC(CCCS(C)(=O)=O)Cc1ccc(OC)nc1. The van der Waals surface area contributed by atoms with Gasteiger partial charge in [0.05, 0.1) is 7.11 Å². The predicted octanol–water partition coefficient (Wildman–Crippen LogP) is 1.05. The van der Waals surface area contributed by atoms with Crippen molar-refractivity contribution < 1.29 is 13.2 Å². The van der Waals surface area contributed by atoms with Crippen molar-refractivity contribution in [3.63, 3.8) is 0 Å². The van der Waals surface area contributed by atoms with Crippen LogP contribution in [0.2, 0.25) is 0 Å². The molecule has 1 aromatic rings. The zero-order valence-corrected chi connectivity index (χ0v) is 12.5. The molecule has 0 fully saturated rings. The summed E-state index contributed by atoms with van der Waals surface area (Å²) in [6.07, 6.45) is 5.40. The van der Waals surface area contributed by atoms with Gasteiger partial charge in [-0.3, -0.25) is 0 Å². The second-order valence-corrected chi connectivity index (χ2v) is 6.93. The van der Waals surface area contributed by atoms with Crippen LogP contribution in [0, 0.1) is 0 Å². The van der Waals surface area contributed by atoms with Crippen molar-refractivity contribution in [1.29, 1.82) is 0 Å². The summed E-state index contributed by atoms with van der Waals surface area (Å²) in [5.74, 6) is 0.841. The van der Waals surface area contributed by atoms with E-state index in [-0.39, 0.29) is 11.8 Å². The van der Waals surface area contributed by atoms with Crippen molar-refractivity contribution >= 4 is 9.84 Å². The molecule has 1 rings (SSSR count). The topological polar surface area (TPSA) is 68.3 Å². The van der Waals surface area contributed by atoms with Crippen LogP contribution >= 0.6 is 0 Å². The molecule has 1 atom stereocenters. The van der Waals surface area contributed by atoms with E-state index in [9.17, 15) is 8.42 Å². The molecule has 19 heavy (non-hydrogen) atoms. The maximum absolute atomic E-state index is 11.1. The normalized spacial score (nSPS) is 13.2. The van der Waals surface area contributed by atoms with E-state index in [1.807, 2.05) is 19.2 Å². The number of rotatable bonds is 8. The predicted molar refractivity (Wildman–Crippen MR) is 76.3 cm³/mol. The van der Waals surface area contributed by atoms with E-state index in [0.717, 1.165) is 18.4 Å². The number of nitrogens with zero attached hydrogens (tertiary/aromatic N) is 1. The Morgan fingerprint density at radius 2 is 2.16 bits per heavy atom. The summed E-state index contributed by atoms with van der Waals surface area (Å²) in [6.45, 7) is 0. The lowest BCUT2D eigenvalue weighted by Gasteiger charge is -2.15. The molecule has 6 heteroatoms. The Bertz CT molecular complexity index is 471. The van der Waals surface area contributed by atoms with Crippen LogP contribution < -0.4 is 10.1 Å². The van der Waals surface area contributed by atoms with Crippen molar-refractivity contribution in [3.8, 4) is 5.88 Å². The number of sulfone groups is 1. The van der Waals surface area contributed by atoms with Gasteiger partial charge in [-0.1, -0.05) is 6.07 Å². The summed E-state index contributed by atoms with van der Waals surface area (Å²) < 4.78 is 27.2. The Hall–Kier alpha value is -1.14. The van der Waals surface area contributed by atoms with Crippen LogP contribution in [0.25, 0.3) is 0 Å². The van der Waals surface area contributed by atoms with Crippen molar-refractivity contribution in [2.75, 3.05) is 26.2 Å².